The maximum atomic E-state index is 12.5. The Morgan fingerprint density at radius 1 is 1.37 bits per heavy atom. The molecule has 2 amide bonds. The van der Waals surface area contributed by atoms with Crippen LogP contribution in [0.1, 0.15) is 35.4 Å². The van der Waals surface area contributed by atoms with Gasteiger partial charge in [0.1, 0.15) is 12.7 Å². The molecule has 0 radical (unpaired) electrons. The first-order valence-electron chi connectivity index (χ1n) is 8.89. The van der Waals surface area contributed by atoms with Crippen molar-refractivity contribution in [3.8, 4) is 0 Å². The summed E-state index contributed by atoms with van der Waals surface area (Å²) in [4.78, 5) is 28.8. The molecule has 1 aliphatic carbocycles. The highest BCUT2D eigenvalue weighted by Gasteiger charge is 2.35. The Hall–Kier alpha value is -2.82. The largest absolute Gasteiger partial charge is 0.379 e. The summed E-state index contributed by atoms with van der Waals surface area (Å²) >= 11 is 0. The molecule has 3 rings (SSSR count). The van der Waals surface area contributed by atoms with Crippen molar-refractivity contribution in [2.24, 2.45) is 5.92 Å². The number of aryl methyl sites for hydroxylation is 1. The fourth-order valence-electron chi connectivity index (χ4n) is 3.34. The number of amides is 2. The number of hydrogen-bond donors (Lipinski definition) is 3. The Labute approximate surface area is 156 Å². The lowest BCUT2D eigenvalue weighted by molar-refractivity contribution is -0.127. The number of nitrogens with one attached hydrogen (secondary N) is 3. The van der Waals surface area contributed by atoms with Crippen LogP contribution in [-0.2, 0) is 16.1 Å². The van der Waals surface area contributed by atoms with Gasteiger partial charge in [-0.15, -0.1) is 0 Å². The lowest BCUT2D eigenvalue weighted by Gasteiger charge is -2.35. The smallest absolute Gasteiger partial charge is 0.274 e. The number of ether oxygens (including phenoxy) is 1. The van der Waals surface area contributed by atoms with Crippen LogP contribution in [0.2, 0.25) is 0 Å². The molecule has 0 unspecified atom stereocenters. The van der Waals surface area contributed by atoms with Gasteiger partial charge in [0.15, 0.2) is 5.69 Å². The number of carbonyl (C=O) groups is 2. The third kappa shape index (κ3) is 4.67. The number of rotatable bonds is 7. The predicted octanol–water partition coefficient (Wildman–Crippen LogP) is -0.565. The number of methoxy groups -OCH3 is 1. The third-order valence-corrected chi connectivity index (χ3v) is 4.82. The van der Waals surface area contributed by atoms with Crippen molar-refractivity contribution in [3.05, 3.63) is 24.0 Å². The number of carbonyl (C=O) groups excluding carboxylic acids is 2. The normalized spacial score (nSPS) is 22.4. The van der Waals surface area contributed by atoms with Crippen molar-refractivity contribution >= 4 is 11.8 Å². The molecule has 2 heterocycles. The van der Waals surface area contributed by atoms with E-state index in [0.29, 0.717) is 38.0 Å². The highest BCUT2D eigenvalue weighted by Crippen LogP contribution is 2.27. The standard InChI is InChI=1S/C16H24N8O3/c1-10-14(22-23-21-10)16(26)20-12-7-11(3-4-13(12)27-2)15(25)18-5-6-24-9-17-8-19-24/h8-9,11-13H,3-7H2,1-2H3,(H,18,25)(H,20,26)(H,21,22,23)/t11-,12+,13+/m0/s1. The van der Waals surface area contributed by atoms with Gasteiger partial charge in [0.05, 0.1) is 24.4 Å². The predicted molar refractivity (Wildman–Crippen MR) is 93.5 cm³/mol. The molecular weight excluding hydrogens is 352 g/mol. The lowest BCUT2D eigenvalue weighted by Crippen LogP contribution is -2.50. The van der Waals surface area contributed by atoms with Crippen LogP contribution in [-0.4, -0.2) is 67.8 Å². The van der Waals surface area contributed by atoms with Crippen molar-refractivity contribution in [2.75, 3.05) is 13.7 Å². The fourth-order valence-corrected chi connectivity index (χ4v) is 3.34. The Morgan fingerprint density at radius 2 is 2.22 bits per heavy atom. The molecule has 0 aliphatic heterocycles. The zero-order chi connectivity index (χ0) is 19.2. The van der Waals surface area contributed by atoms with Gasteiger partial charge >= 0.3 is 0 Å². The SMILES string of the molecule is CO[C@@H]1CC[C@H](C(=O)NCCn2cncn2)C[C@H]1NC(=O)c1n[nH]nc1C. The van der Waals surface area contributed by atoms with Gasteiger partial charge in [0.25, 0.3) is 5.91 Å². The Kier molecular flexibility index (Phi) is 6.12. The fraction of sp³-hybridized carbons (Fsp3) is 0.625. The van der Waals surface area contributed by atoms with E-state index in [1.54, 1.807) is 25.0 Å². The van der Waals surface area contributed by atoms with Crippen LogP contribution >= 0.6 is 0 Å². The maximum Gasteiger partial charge on any atom is 0.274 e. The summed E-state index contributed by atoms with van der Waals surface area (Å²) in [6.07, 6.45) is 4.84. The topological polar surface area (TPSA) is 140 Å². The van der Waals surface area contributed by atoms with Gasteiger partial charge in [-0.05, 0) is 26.2 Å². The summed E-state index contributed by atoms with van der Waals surface area (Å²) in [5, 5.41) is 20.0. The third-order valence-electron chi connectivity index (χ3n) is 4.82. The van der Waals surface area contributed by atoms with E-state index in [4.69, 9.17) is 4.74 Å². The molecule has 1 fully saturated rings. The molecule has 3 N–H and O–H groups in total. The summed E-state index contributed by atoms with van der Waals surface area (Å²) in [6.45, 7) is 2.74. The van der Waals surface area contributed by atoms with E-state index in [0.717, 1.165) is 0 Å². The van der Waals surface area contributed by atoms with Gasteiger partial charge in [-0.3, -0.25) is 14.3 Å². The molecule has 11 nitrogen and oxygen atoms in total. The van der Waals surface area contributed by atoms with Crippen LogP contribution in [0, 0.1) is 12.8 Å². The van der Waals surface area contributed by atoms with E-state index < -0.39 is 0 Å². The average Bonchev–Trinajstić information content (AvgIpc) is 3.33. The monoisotopic (exact) mass is 376 g/mol. The molecule has 0 spiro atoms. The van der Waals surface area contributed by atoms with Crippen molar-refractivity contribution in [1.29, 1.82) is 0 Å². The van der Waals surface area contributed by atoms with E-state index in [2.05, 4.69) is 36.1 Å². The highest BCUT2D eigenvalue weighted by atomic mass is 16.5. The Bertz CT molecular complexity index is 760. The molecular formula is C16H24N8O3. The lowest BCUT2D eigenvalue weighted by atomic mass is 9.83. The second kappa shape index (κ2) is 8.71. The van der Waals surface area contributed by atoms with Crippen LogP contribution < -0.4 is 10.6 Å². The van der Waals surface area contributed by atoms with Crippen LogP contribution in [0.4, 0.5) is 0 Å². The molecule has 2 aromatic rings. The van der Waals surface area contributed by atoms with Gasteiger partial charge in [0.2, 0.25) is 5.91 Å². The average molecular weight is 376 g/mol. The zero-order valence-corrected chi connectivity index (χ0v) is 15.4. The molecule has 0 bridgehead atoms. The molecule has 0 aromatic carbocycles. The van der Waals surface area contributed by atoms with Gasteiger partial charge in [-0.25, -0.2) is 4.98 Å². The van der Waals surface area contributed by atoms with Crippen LogP contribution in [0.3, 0.4) is 0 Å². The minimum atomic E-state index is -0.319. The van der Waals surface area contributed by atoms with Crippen LogP contribution in [0.25, 0.3) is 0 Å². The van der Waals surface area contributed by atoms with E-state index in [1.165, 1.54) is 6.33 Å². The van der Waals surface area contributed by atoms with E-state index in [-0.39, 0.29) is 35.6 Å². The molecule has 1 saturated carbocycles. The number of aromatic nitrogens is 6. The summed E-state index contributed by atoms with van der Waals surface area (Å²) in [7, 11) is 1.61. The van der Waals surface area contributed by atoms with Gasteiger partial charge < -0.3 is 15.4 Å². The quantitative estimate of drug-likeness (QED) is 0.588. The first-order chi connectivity index (χ1) is 13.1. The molecule has 2 aromatic heterocycles. The maximum absolute atomic E-state index is 12.5. The molecule has 3 atom stereocenters. The van der Waals surface area contributed by atoms with Crippen LogP contribution in [0.5, 0.6) is 0 Å². The molecule has 1 aliphatic rings. The van der Waals surface area contributed by atoms with Crippen LogP contribution in [0.15, 0.2) is 12.7 Å². The summed E-state index contributed by atoms with van der Waals surface area (Å²) in [5.74, 6) is -0.530. The van der Waals surface area contributed by atoms with Gasteiger partial charge in [-0.1, -0.05) is 0 Å². The molecule has 27 heavy (non-hydrogen) atoms. The van der Waals surface area contributed by atoms with E-state index in [9.17, 15) is 9.59 Å². The molecule has 0 saturated heterocycles. The number of H-pyrrole nitrogens is 1. The minimum absolute atomic E-state index is 0.0264. The Morgan fingerprint density at radius 3 is 2.89 bits per heavy atom. The van der Waals surface area contributed by atoms with Crippen molar-refractivity contribution in [3.63, 3.8) is 0 Å². The first-order valence-corrected chi connectivity index (χ1v) is 8.89. The highest BCUT2D eigenvalue weighted by molar-refractivity contribution is 5.93. The van der Waals surface area contributed by atoms with E-state index >= 15 is 0 Å². The second-order valence-electron chi connectivity index (χ2n) is 6.57. The molecule has 146 valence electrons. The zero-order valence-electron chi connectivity index (χ0n) is 15.4. The number of nitrogens with zero attached hydrogens (tertiary/aromatic N) is 5. The van der Waals surface area contributed by atoms with Gasteiger partial charge in [-0.2, -0.15) is 20.5 Å². The van der Waals surface area contributed by atoms with Crippen molar-refractivity contribution < 1.29 is 14.3 Å². The van der Waals surface area contributed by atoms with Gasteiger partial charge in [0, 0.05) is 19.6 Å². The summed E-state index contributed by atoms with van der Waals surface area (Å²) in [5.41, 5.74) is 0.781. The van der Waals surface area contributed by atoms with E-state index in [1.807, 2.05) is 0 Å². The minimum Gasteiger partial charge on any atom is -0.379 e. The second-order valence-corrected chi connectivity index (χ2v) is 6.57. The van der Waals surface area contributed by atoms with Crippen molar-refractivity contribution in [2.45, 2.75) is 44.9 Å². The number of aromatic amines is 1. The summed E-state index contributed by atoms with van der Waals surface area (Å²) in [6, 6.07) is -0.265. The first kappa shape index (κ1) is 19.0. The number of hydrogen-bond acceptors (Lipinski definition) is 7. The summed E-state index contributed by atoms with van der Waals surface area (Å²) < 4.78 is 7.16. The Balaban J connectivity index is 1.54. The molecule has 11 heteroatoms. The van der Waals surface area contributed by atoms with Crippen molar-refractivity contribution in [1.82, 2.24) is 40.8 Å².